The van der Waals surface area contributed by atoms with Crippen molar-refractivity contribution >= 4 is 5.95 Å². The lowest BCUT2D eigenvalue weighted by atomic mass is 9.93. The number of anilines is 1. The van der Waals surface area contributed by atoms with Gasteiger partial charge in [0.1, 0.15) is 0 Å². The molecule has 2 heterocycles. The molecular weight excluding hydrogens is 230 g/mol. The largest absolute Gasteiger partial charge is 0.383 e. The Hall–Kier alpha value is -1.07. The third-order valence-corrected chi connectivity index (χ3v) is 3.56. The summed E-state index contributed by atoms with van der Waals surface area (Å²) in [4.78, 5) is 4.41. The van der Waals surface area contributed by atoms with E-state index in [1.54, 1.807) is 7.11 Å². The molecule has 0 aromatic carbocycles. The van der Waals surface area contributed by atoms with E-state index in [-0.39, 0.29) is 11.6 Å². The molecule has 0 aliphatic carbocycles. The van der Waals surface area contributed by atoms with E-state index in [0.717, 1.165) is 32.0 Å². The van der Waals surface area contributed by atoms with E-state index in [4.69, 9.17) is 9.47 Å². The Morgan fingerprint density at radius 1 is 1.56 bits per heavy atom. The van der Waals surface area contributed by atoms with Gasteiger partial charge in [0.2, 0.25) is 5.95 Å². The minimum absolute atomic E-state index is 0.0775. The molecular formula is C13H23N3O2. The van der Waals surface area contributed by atoms with Gasteiger partial charge in [-0.15, -0.1) is 0 Å². The van der Waals surface area contributed by atoms with Crippen LogP contribution in [0.3, 0.4) is 0 Å². The highest BCUT2D eigenvalue weighted by Crippen LogP contribution is 2.25. The first-order valence-corrected chi connectivity index (χ1v) is 6.52. The van der Waals surface area contributed by atoms with Crippen LogP contribution >= 0.6 is 0 Å². The molecule has 18 heavy (non-hydrogen) atoms. The van der Waals surface area contributed by atoms with Crippen molar-refractivity contribution in [3.05, 3.63) is 12.4 Å². The van der Waals surface area contributed by atoms with Crippen LogP contribution in [-0.4, -0.2) is 42.0 Å². The predicted octanol–water partition coefficient (Wildman–Crippen LogP) is 2.07. The zero-order valence-electron chi connectivity index (χ0n) is 11.5. The maximum absolute atomic E-state index is 5.41. The number of imidazole rings is 1. The molecule has 1 N–H and O–H groups in total. The van der Waals surface area contributed by atoms with Crippen LogP contribution in [0.15, 0.2) is 12.4 Å². The summed E-state index contributed by atoms with van der Waals surface area (Å²) < 4.78 is 12.7. The highest BCUT2D eigenvalue weighted by molar-refractivity contribution is 5.31. The lowest BCUT2D eigenvalue weighted by Gasteiger charge is -2.35. The van der Waals surface area contributed by atoms with Crippen LogP contribution in [0.1, 0.15) is 32.7 Å². The van der Waals surface area contributed by atoms with Gasteiger partial charge in [0.05, 0.1) is 12.6 Å². The van der Waals surface area contributed by atoms with Gasteiger partial charge in [0.25, 0.3) is 0 Å². The van der Waals surface area contributed by atoms with Gasteiger partial charge in [0.15, 0.2) is 0 Å². The Balaban J connectivity index is 2.07. The van der Waals surface area contributed by atoms with Crippen LogP contribution in [0.4, 0.5) is 5.95 Å². The number of rotatable bonds is 5. The van der Waals surface area contributed by atoms with Gasteiger partial charge in [0, 0.05) is 38.3 Å². The minimum atomic E-state index is 0.0775. The molecule has 1 fully saturated rings. The monoisotopic (exact) mass is 253 g/mol. The molecule has 5 heteroatoms. The second-order valence-electron chi connectivity index (χ2n) is 5.26. The SMILES string of the molecule is COCC(C)n1ccnc1NC1(C)CCOCC1. The topological polar surface area (TPSA) is 48.3 Å². The molecule has 5 nitrogen and oxygen atoms in total. The minimum Gasteiger partial charge on any atom is -0.383 e. The summed E-state index contributed by atoms with van der Waals surface area (Å²) in [5.41, 5.74) is 0.0775. The van der Waals surface area contributed by atoms with Crippen molar-refractivity contribution in [1.29, 1.82) is 0 Å². The van der Waals surface area contributed by atoms with E-state index < -0.39 is 0 Å². The number of methoxy groups -OCH3 is 1. The van der Waals surface area contributed by atoms with Crippen LogP contribution in [0.2, 0.25) is 0 Å². The molecule has 0 amide bonds. The van der Waals surface area contributed by atoms with Crippen molar-refractivity contribution in [2.75, 3.05) is 32.2 Å². The molecule has 2 rings (SSSR count). The predicted molar refractivity (Wildman–Crippen MR) is 70.9 cm³/mol. The van der Waals surface area contributed by atoms with Crippen molar-refractivity contribution in [1.82, 2.24) is 9.55 Å². The van der Waals surface area contributed by atoms with E-state index >= 15 is 0 Å². The Kier molecular flexibility index (Phi) is 4.24. The normalized spacial score (nSPS) is 20.6. The van der Waals surface area contributed by atoms with Crippen LogP contribution < -0.4 is 5.32 Å². The second kappa shape index (κ2) is 5.71. The summed E-state index contributed by atoms with van der Waals surface area (Å²) in [6, 6.07) is 0.281. The van der Waals surface area contributed by atoms with Crippen LogP contribution in [0, 0.1) is 0 Å². The molecule has 1 atom stereocenters. The molecule has 0 bridgehead atoms. The Bertz CT molecular complexity index is 372. The van der Waals surface area contributed by atoms with E-state index in [1.165, 1.54) is 0 Å². The fourth-order valence-corrected chi connectivity index (χ4v) is 2.30. The van der Waals surface area contributed by atoms with Gasteiger partial charge in [-0.3, -0.25) is 0 Å². The molecule has 0 saturated carbocycles. The van der Waals surface area contributed by atoms with Gasteiger partial charge in [-0.2, -0.15) is 0 Å². The second-order valence-corrected chi connectivity index (χ2v) is 5.26. The Morgan fingerprint density at radius 3 is 2.94 bits per heavy atom. The number of nitrogens with one attached hydrogen (secondary N) is 1. The first-order valence-electron chi connectivity index (χ1n) is 6.52. The first kappa shape index (κ1) is 13.4. The van der Waals surface area contributed by atoms with Crippen molar-refractivity contribution in [2.24, 2.45) is 0 Å². The standard InChI is InChI=1S/C13H23N3O2/c1-11(10-17-3)16-7-6-14-12(16)15-13(2)4-8-18-9-5-13/h6-7,11H,4-5,8-10H2,1-3H3,(H,14,15). The van der Waals surface area contributed by atoms with Crippen molar-refractivity contribution in [3.8, 4) is 0 Å². The third kappa shape index (κ3) is 3.03. The Morgan fingerprint density at radius 2 is 2.28 bits per heavy atom. The molecule has 1 aliphatic heterocycles. The van der Waals surface area contributed by atoms with E-state index in [0.29, 0.717) is 6.61 Å². The maximum atomic E-state index is 5.41. The molecule has 1 aromatic heterocycles. The molecule has 1 aromatic rings. The summed E-state index contributed by atoms with van der Waals surface area (Å²) in [6.07, 6.45) is 5.85. The van der Waals surface area contributed by atoms with Crippen molar-refractivity contribution < 1.29 is 9.47 Å². The van der Waals surface area contributed by atoms with Crippen LogP contribution in [-0.2, 0) is 9.47 Å². The lowest BCUT2D eigenvalue weighted by Crippen LogP contribution is -2.41. The van der Waals surface area contributed by atoms with Gasteiger partial charge in [-0.1, -0.05) is 0 Å². The average Bonchev–Trinajstić information content (AvgIpc) is 2.77. The van der Waals surface area contributed by atoms with E-state index in [9.17, 15) is 0 Å². The first-order chi connectivity index (χ1) is 8.64. The third-order valence-electron chi connectivity index (χ3n) is 3.56. The summed E-state index contributed by atoms with van der Waals surface area (Å²) in [6.45, 7) is 6.68. The number of nitrogens with zero attached hydrogens (tertiary/aromatic N) is 2. The summed E-state index contributed by atoms with van der Waals surface area (Å²) >= 11 is 0. The molecule has 1 unspecified atom stereocenters. The number of hydrogen-bond donors (Lipinski definition) is 1. The molecule has 1 aliphatic rings. The van der Waals surface area contributed by atoms with Crippen LogP contribution in [0.5, 0.6) is 0 Å². The van der Waals surface area contributed by atoms with Crippen molar-refractivity contribution in [3.63, 3.8) is 0 Å². The number of aromatic nitrogens is 2. The molecule has 0 radical (unpaired) electrons. The van der Waals surface area contributed by atoms with Gasteiger partial charge in [-0.05, 0) is 26.7 Å². The lowest BCUT2D eigenvalue weighted by molar-refractivity contribution is 0.0653. The van der Waals surface area contributed by atoms with Gasteiger partial charge >= 0.3 is 0 Å². The quantitative estimate of drug-likeness (QED) is 0.872. The molecule has 0 spiro atoms. The Labute approximate surface area is 108 Å². The summed E-state index contributed by atoms with van der Waals surface area (Å²) in [7, 11) is 1.72. The number of ether oxygens (including phenoxy) is 2. The highest BCUT2D eigenvalue weighted by atomic mass is 16.5. The van der Waals surface area contributed by atoms with E-state index in [1.807, 2.05) is 12.4 Å². The zero-order valence-corrected chi connectivity index (χ0v) is 11.5. The smallest absolute Gasteiger partial charge is 0.203 e. The fourth-order valence-electron chi connectivity index (χ4n) is 2.30. The van der Waals surface area contributed by atoms with E-state index in [2.05, 4.69) is 28.7 Å². The van der Waals surface area contributed by atoms with Crippen molar-refractivity contribution in [2.45, 2.75) is 38.3 Å². The molecule has 1 saturated heterocycles. The highest BCUT2D eigenvalue weighted by Gasteiger charge is 2.28. The average molecular weight is 253 g/mol. The zero-order chi connectivity index (χ0) is 13.0. The summed E-state index contributed by atoms with van der Waals surface area (Å²) in [5, 5.41) is 3.56. The van der Waals surface area contributed by atoms with Gasteiger partial charge < -0.3 is 19.4 Å². The van der Waals surface area contributed by atoms with Gasteiger partial charge in [-0.25, -0.2) is 4.98 Å². The summed E-state index contributed by atoms with van der Waals surface area (Å²) in [5.74, 6) is 0.920. The van der Waals surface area contributed by atoms with Crippen LogP contribution in [0.25, 0.3) is 0 Å². The fraction of sp³-hybridized carbons (Fsp3) is 0.769. The number of hydrogen-bond acceptors (Lipinski definition) is 4. The molecule has 102 valence electrons. The maximum Gasteiger partial charge on any atom is 0.203 e.